The van der Waals surface area contributed by atoms with E-state index >= 15 is 0 Å². The molecule has 5 heteroatoms. The standard InChI is InChI=1S/C14H16BrNO3/c1-16-13(12-4-5-19-14(12)15)9-6-10(17-2)8-11(7-9)18-3/h4-8,13,16H,1-3H3. The number of benzene rings is 1. The van der Waals surface area contributed by atoms with E-state index in [0.717, 1.165) is 22.6 Å². The smallest absolute Gasteiger partial charge is 0.174 e. The summed E-state index contributed by atoms with van der Waals surface area (Å²) in [5, 5.41) is 3.26. The van der Waals surface area contributed by atoms with E-state index in [4.69, 9.17) is 13.9 Å². The zero-order valence-corrected chi connectivity index (χ0v) is 12.7. The van der Waals surface area contributed by atoms with E-state index < -0.39 is 0 Å². The largest absolute Gasteiger partial charge is 0.497 e. The van der Waals surface area contributed by atoms with Crippen molar-refractivity contribution in [2.45, 2.75) is 6.04 Å². The van der Waals surface area contributed by atoms with Crippen LogP contribution in [0, 0.1) is 0 Å². The highest BCUT2D eigenvalue weighted by Gasteiger charge is 2.18. The molecule has 4 nitrogen and oxygen atoms in total. The first kappa shape index (κ1) is 14.0. The van der Waals surface area contributed by atoms with Gasteiger partial charge in [-0.3, -0.25) is 0 Å². The van der Waals surface area contributed by atoms with E-state index in [9.17, 15) is 0 Å². The van der Waals surface area contributed by atoms with Gasteiger partial charge in [0.15, 0.2) is 4.67 Å². The van der Waals surface area contributed by atoms with Gasteiger partial charge in [-0.15, -0.1) is 0 Å². The molecule has 1 N–H and O–H groups in total. The van der Waals surface area contributed by atoms with Crippen molar-refractivity contribution in [2.24, 2.45) is 0 Å². The van der Waals surface area contributed by atoms with Crippen molar-refractivity contribution >= 4 is 15.9 Å². The molecule has 0 radical (unpaired) electrons. The van der Waals surface area contributed by atoms with Crippen LogP contribution in [-0.2, 0) is 0 Å². The Bertz CT molecular complexity index is 531. The van der Waals surface area contributed by atoms with Crippen LogP contribution in [0.5, 0.6) is 11.5 Å². The van der Waals surface area contributed by atoms with Crippen LogP contribution >= 0.6 is 15.9 Å². The highest BCUT2D eigenvalue weighted by molar-refractivity contribution is 9.10. The van der Waals surface area contributed by atoms with Gasteiger partial charge >= 0.3 is 0 Å². The van der Waals surface area contributed by atoms with Gasteiger partial charge < -0.3 is 19.2 Å². The zero-order chi connectivity index (χ0) is 13.8. The van der Waals surface area contributed by atoms with Gasteiger partial charge in [0, 0.05) is 11.6 Å². The Labute approximate surface area is 120 Å². The molecule has 0 saturated heterocycles. The van der Waals surface area contributed by atoms with E-state index in [2.05, 4.69) is 21.2 Å². The summed E-state index contributed by atoms with van der Waals surface area (Å²) in [4.78, 5) is 0. The Hall–Kier alpha value is -1.46. The molecule has 0 aliphatic rings. The molecule has 0 aliphatic heterocycles. The molecule has 0 amide bonds. The maximum atomic E-state index is 5.30. The summed E-state index contributed by atoms with van der Waals surface area (Å²) in [7, 11) is 5.18. The molecular weight excluding hydrogens is 310 g/mol. The third-order valence-electron chi connectivity index (χ3n) is 2.95. The van der Waals surface area contributed by atoms with E-state index in [1.807, 2.05) is 31.3 Å². The molecule has 0 spiro atoms. The summed E-state index contributed by atoms with van der Waals surface area (Å²) < 4.78 is 16.6. The molecule has 2 rings (SSSR count). The Balaban J connectivity index is 2.46. The molecule has 1 unspecified atom stereocenters. The van der Waals surface area contributed by atoms with E-state index in [-0.39, 0.29) is 6.04 Å². The Morgan fingerprint density at radius 3 is 2.21 bits per heavy atom. The lowest BCUT2D eigenvalue weighted by Crippen LogP contribution is -2.17. The average Bonchev–Trinajstić information content (AvgIpc) is 2.85. The maximum Gasteiger partial charge on any atom is 0.174 e. The van der Waals surface area contributed by atoms with Crippen LogP contribution in [0.4, 0.5) is 0 Å². The number of methoxy groups -OCH3 is 2. The van der Waals surface area contributed by atoms with Crippen LogP contribution in [0.3, 0.4) is 0 Å². The SMILES string of the molecule is CNC(c1cc(OC)cc(OC)c1)c1ccoc1Br. The number of furan rings is 1. The number of nitrogens with one attached hydrogen (secondary N) is 1. The van der Waals surface area contributed by atoms with Gasteiger partial charge in [0.1, 0.15) is 11.5 Å². The van der Waals surface area contributed by atoms with Gasteiger partial charge in [0.2, 0.25) is 0 Å². The summed E-state index contributed by atoms with van der Waals surface area (Å²) >= 11 is 3.41. The Kier molecular flexibility index (Phi) is 4.50. The summed E-state index contributed by atoms with van der Waals surface area (Å²) in [6.07, 6.45) is 1.65. The minimum absolute atomic E-state index is 0.00266. The van der Waals surface area contributed by atoms with Crippen molar-refractivity contribution in [1.29, 1.82) is 0 Å². The van der Waals surface area contributed by atoms with Gasteiger partial charge in [0.25, 0.3) is 0 Å². The molecule has 1 heterocycles. The first-order valence-electron chi connectivity index (χ1n) is 5.82. The second-order valence-corrected chi connectivity index (χ2v) is 4.74. The zero-order valence-electron chi connectivity index (χ0n) is 11.1. The van der Waals surface area contributed by atoms with Gasteiger partial charge in [-0.2, -0.15) is 0 Å². The summed E-state index contributed by atoms with van der Waals surface area (Å²) in [5.41, 5.74) is 2.07. The molecule has 2 aromatic rings. The van der Waals surface area contributed by atoms with Crippen LogP contribution in [0.25, 0.3) is 0 Å². The molecule has 0 fully saturated rings. The number of rotatable bonds is 5. The Morgan fingerprint density at radius 1 is 1.16 bits per heavy atom. The van der Waals surface area contributed by atoms with Crippen LogP contribution in [-0.4, -0.2) is 21.3 Å². The number of halogens is 1. The van der Waals surface area contributed by atoms with E-state index in [0.29, 0.717) is 4.67 Å². The molecule has 1 aromatic heterocycles. The third-order valence-corrected chi connectivity index (χ3v) is 3.60. The van der Waals surface area contributed by atoms with Crippen LogP contribution in [0.15, 0.2) is 39.6 Å². The second-order valence-electron chi connectivity index (χ2n) is 4.02. The fourth-order valence-electron chi connectivity index (χ4n) is 2.01. The summed E-state index contributed by atoms with van der Waals surface area (Å²) in [5.74, 6) is 1.52. The average molecular weight is 326 g/mol. The maximum absolute atomic E-state index is 5.30. The highest BCUT2D eigenvalue weighted by Crippen LogP contribution is 2.33. The molecule has 19 heavy (non-hydrogen) atoms. The number of ether oxygens (including phenoxy) is 2. The van der Waals surface area contributed by atoms with Crippen LogP contribution in [0.2, 0.25) is 0 Å². The minimum atomic E-state index is -0.00266. The predicted octanol–water partition coefficient (Wildman–Crippen LogP) is 3.37. The molecule has 1 aromatic carbocycles. The molecule has 102 valence electrons. The quantitative estimate of drug-likeness (QED) is 0.915. The van der Waals surface area contributed by atoms with Crippen molar-refractivity contribution in [2.75, 3.05) is 21.3 Å². The van der Waals surface area contributed by atoms with Crippen molar-refractivity contribution in [3.63, 3.8) is 0 Å². The third kappa shape index (κ3) is 2.93. The predicted molar refractivity (Wildman–Crippen MR) is 76.9 cm³/mol. The van der Waals surface area contributed by atoms with Crippen molar-refractivity contribution in [3.8, 4) is 11.5 Å². The topological polar surface area (TPSA) is 43.6 Å². The first-order chi connectivity index (χ1) is 9.19. The van der Waals surface area contributed by atoms with Gasteiger partial charge in [-0.25, -0.2) is 0 Å². The fourth-order valence-corrected chi connectivity index (χ4v) is 2.48. The number of hydrogen-bond donors (Lipinski definition) is 1. The van der Waals surface area contributed by atoms with Gasteiger partial charge in [-0.05, 0) is 46.7 Å². The molecule has 0 saturated carbocycles. The van der Waals surface area contributed by atoms with Gasteiger partial charge in [-0.1, -0.05) is 0 Å². The van der Waals surface area contributed by atoms with Crippen molar-refractivity contribution in [1.82, 2.24) is 5.32 Å². The monoisotopic (exact) mass is 325 g/mol. The van der Waals surface area contributed by atoms with E-state index in [1.165, 1.54) is 0 Å². The fraction of sp³-hybridized carbons (Fsp3) is 0.286. The molecule has 0 bridgehead atoms. The minimum Gasteiger partial charge on any atom is -0.497 e. The summed E-state index contributed by atoms with van der Waals surface area (Å²) in [6.45, 7) is 0. The van der Waals surface area contributed by atoms with Crippen LogP contribution < -0.4 is 14.8 Å². The lowest BCUT2D eigenvalue weighted by molar-refractivity contribution is 0.392. The lowest BCUT2D eigenvalue weighted by Gasteiger charge is -2.17. The van der Waals surface area contributed by atoms with Crippen LogP contribution in [0.1, 0.15) is 17.2 Å². The van der Waals surface area contributed by atoms with Crippen molar-refractivity contribution < 1.29 is 13.9 Å². The Morgan fingerprint density at radius 2 is 1.79 bits per heavy atom. The number of hydrogen-bond acceptors (Lipinski definition) is 4. The molecular formula is C14H16BrNO3. The normalized spacial score (nSPS) is 12.2. The molecule has 1 atom stereocenters. The highest BCUT2D eigenvalue weighted by atomic mass is 79.9. The summed E-state index contributed by atoms with van der Waals surface area (Å²) in [6, 6.07) is 7.72. The molecule has 0 aliphatic carbocycles. The first-order valence-corrected chi connectivity index (χ1v) is 6.62. The van der Waals surface area contributed by atoms with Gasteiger partial charge in [0.05, 0.1) is 26.5 Å². The van der Waals surface area contributed by atoms with Crippen molar-refractivity contribution in [3.05, 3.63) is 46.3 Å². The lowest BCUT2D eigenvalue weighted by atomic mass is 10.0. The second kappa shape index (κ2) is 6.12. The van der Waals surface area contributed by atoms with E-state index in [1.54, 1.807) is 20.5 Å².